The van der Waals surface area contributed by atoms with Gasteiger partial charge in [-0.15, -0.1) is 0 Å². The summed E-state index contributed by atoms with van der Waals surface area (Å²) in [6, 6.07) is 0. The van der Waals surface area contributed by atoms with Crippen molar-refractivity contribution in [1.29, 1.82) is 0 Å². The summed E-state index contributed by atoms with van der Waals surface area (Å²) in [5.74, 6) is 0. The molecule has 0 N–H and O–H groups in total. The van der Waals surface area contributed by atoms with E-state index in [1.165, 1.54) is 0 Å². The molecule has 0 aliphatic heterocycles. The Morgan fingerprint density at radius 3 is 0.941 bits per heavy atom. The largest absolute Gasteiger partial charge is 0.329 e. The zero-order valence-corrected chi connectivity index (χ0v) is 17.0. The van der Waals surface area contributed by atoms with E-state index in [-0.39, 0.29) is 0 Å². The molecule has 0 aromatic heterocycles. The highest BCUT2D eigenvalue weighted by Gasteiger charge is 2.52. The monoisotopic (exact) mass is 290 g/mol. The summed E-state index contributed by atoms with van der Waals surface area (Å²) in [6.45, 7) is 17.9. The summed E-state index contributed by atoms with van der Waals surface area (Å²) in [5, 5.41) is 0. The van der Waals surface area contributed by atoms with Crippen LogP contribution in [0.2, 0.25) is 50.6 Å². The molecule has 0 heterocycles. The lowest BCUT2D eigenvalue weighted by molar-refractivity contribution is 0.593. The highest BCUT2D eigenvalue weighted by molar-refractivity contribution is 7.11. The maximum atomic E-state index is 2.56. The molecule has 0 unspecified atom stereocenters. The molecule has 17 heavy (non-hydrogen) atoms. The molecular weight excluding hydrogens is 256 g/mol. The van der Waals surface area contributed by atoms with Crippen molar-refractivity contribution >= 4 is 24.5 Å². The lowest BCUT2D eigenvalue weighted by Gasteiger charge is -2.53. The molecule has 0 saturated carbocycles. The molecular formula is C12H34N2Si3. The quantitative estimate of drug-likeness (QED) is 0.717. The first-order chi connectivity index (χ1) is 7.25. The van der Waals surface area contributed by atoms with E-state index < -0.39 is 24.5 Å². The van der Waals surface area contributed by atoms with Crippen molar-refractivity contribution in [3.05, 3.63) is 0 Å². The highest BCUT2D eigenvalue weighted by Crippen LogP contribution is 2.41. The second-order valence-corrected chi connectivity index (χ2v) is 24.5. The summed E-state index contributed by atoms with van der Waals surface area (Å²) in [4.78, 5) is 0.979. The molecule has 0 fully saturated rings. The van der Waals surface area contributed by atoms with E-state index in [9.17, 15) is 0 Å². The average Bonchev–Trinajstić information content (AvgIpc) is 1.98. The van der Waals surface area contributed by atoms with Crippen molar-refractivity contribution in [2.24, 2.45) is 0 Å². The van der Waals surface area contributed by atoms with Crippen molar-refractivity contribution in [1.82, 2.24) is 9.13 Å². The molecule has 0 atom stereocenters. The normalized spacial score (nSPS) is 15.2. The standard InChI is InChI=1S/C12H34N2Si3/c1-13(2)16(8,9)12(15(5,6)7)17(10,11)14(3)4/h12H,1-11H3. The first-order valence-electron chi connectivity index (χ1n) is 6.60. The number of nitrogens with zero attached hydrogens (tertiary/aromatic N) is 2. The fraction of sp³-hybridized carbons (Fsp3) is 1.00. The van der Waals surface area contributed by atoms with E-state index in [0.717, 1.165) is 4.79 Å². The van der Waals surface area contributed by atoms with Gasteiger partial charge in [0.1, 0.15) is 16.5 Å². The summed E-state index contributed by atoms with van der Waals surface area (Å²) in [5.41, 5.74) is 0. The molecule has 0 amide bonds. The molecule has 0 saturated heterocycles. The highest BCUT2D eigenvalue weighted by atomic mass is 28.5. The maximum Gasteiger partial charge on any atom is 0.120 e. The molecule has 0 aromatic carbocycles. The van der Waals surface area contributed by atoms with Crippen LogP contribution in [0.4, 0.5) is 0 Å². The molecule has 104 valence electrons. The van der Waals surface area contributed by atoms with Crippen LogP contribution in [0, 0.1) is 0 Å². The van der Waals surface area contributed by atoms with E-state index in [2.05, 4.69) is 83.2 Å². The van der Waals surface area contributed by atoms with E-state index in [1.54, 1.807) is 0 Å². The Morgan fingerprint density at radius 1 is 0.588 bits per heavy atom. The second-order valence-electron chi connectivity index (χ2n) is 7.90. The Morgan fingerprint density at radius 2 is 0.824 bits per heavy atom. The second kappa shape index (κ2) is 5.29. The van der Waals surface area contributed by atoms with Crippen molar-refractivity contribution in [2.75, 3.05) is 28.2 Å². The molecule has 0 aliphatic rings. The van der Waals surface area contributed by atoms with Gasteiger partial charge in [-0.3, -0.25) is 0 Å². The van der Waals surface area contributed by atoms with Crippen molar-refractivity contribution < 1.29 is 0 Å². The Hall–Kier alpha value is 0.571. The van der Waals surface area contributed by atoms with Crippen molar-refractivity contribution in [3.8, 4) is 0 Å². The fourth-order valence-corrected chi connectivity index (χ4v) is 31.5. The molecule has 0 bridgehead atoms. The van der Waals surface area contributed by atoms with Crippen LogP contribution in [0.5, 0.6) is 0 Å². The van der Waals surface area contributed by atoms with Crippen LogP contribution < -0.4 is 0 Å². The van der Waals surface area contributed by atoms with Crippen LogP contribution >= 0.6 is 0 Å². The van der Waals surface area contributed by atoms with Crippen LogP contribution in [0.3, 0.4) is 0 Å². The van der Waals surface area contributed by atoms with Crippen LogP contribution in [-0.4, -0.2) is 61.9 Å². The van der Waals surface area contributed by atoms with Gasteiger partial charge in [0.15, 0.2) is 0 Å². The molecule has 5 heteroatoms. The zero-order chi connectivity index (χ0) is 14.2. The van der Waals surface area contributed by atoms with Gasteiger partial charge in [-0.1, -0.05) is 45.8 Å². The lowest BCUT2D eigenvalue weighted by Crippen LogP contribution is -2.67. The van der Waals surface area contributed by atoms with E-state index >= 15 is 0 Å². The minimum absolute atomic E-state index is 0.979. The van der Waals surface area contributed by atoms with Crippen molar-refractivity contribution in [2.45, 2.75) is 50.6 Å². The Bertz CT molecular complexity index is 235. The molecule has 0 radical (unpaired) electrons. The van der Waals surface area contributed by atoms with Gasteiger partial charge in [0.05, 0.1) is 0 Å². The Balaban J connectivity index is 5.62. The van der Waals surface area contributed by atoms with Gasteiger partial charge in [-0.25, -0.2) is 0 Å². The predicted molar refractivity (Wildman–Crippen MR) is 89.4 cm³/mol. The molecule has 2 nitrogen and oxygen atoms in total. The van der Waals surface area contributed by atoms with Crippen LogP contribution in [0.25, 0.3) is 0 Å². The lowest BCUT2D eigenvalue weighted by atomic mass is 11.3. The third-order valence-electron chi connectivity index (χ3n) is 4.58. The summed E-state index contributed by atoms with van der Waals surface area (Å²) in [6.07, 6.45) is 0. The first-order valence-corrected chi connectivity index (χ1v) is 16.2. The molecule has 0 aliphatic carbocycles. The first kappa shape index (κ1) is 17.6. The molecule has 0 spiro atoms. The van der Waals surface area contributed by atoms with Crippen LogP contribution in [0.15, 0.2) is 0 Å². The van der Waals surface area contributed by atoms with Crippen LogP contribution in [-0.2, 0) is 0 Å². The number of hydrogen-bond donors (Lipinski definition) is 0. The minimum atomic E-state index is -1.33. The SMILES string of the molecule is CN(C)[Si](C)(C)C([Si](C)(C)C)[Si](C)(C)N(C)C. The summed E-state index contributed by atoms with van der Waals surface area (Å²) >= 11 is 0. The summed E-state index contributed by atoms with van der Waals surface area (Å²) < 4.78 is 5.13. The van der Waals surface area contributed by atoms with Gasteiger partial charge in [-0.2, -0.15) is 0 Å². The number of rotatable bonds is 5. The van der Waals surface area contributed by atoms with Gasteiger partial charge < -0.3 is 9.13 Å². The topological polar surface area (TPSA) is 6.48 Å². The van der Waals surface area contributed by atoms with Crippen molar-refractivity contribution in [3.63, 3.8) is 0 Å². The predicted octanol–water partition coefficient (Wildman–Crippen LogP) is 3.31. The zero-order valence-electron chi connectivity index (χ0n) is 14.0. The maximum absolute atomic E-state index is 2.56. The van der Waals surface area contributed by atoms with E-state index in [1.807, 2.05) is 0 Å². The molecule has 0 rings (SSSR count). The minimum Gasteiger partial charge on any atom is -0.329 e. The third kappa shape index (κ3) is 3.76. The van der Waals surface area contributed by atoms with Crippen LogP contribution in [0.1, 0.15) is 0 Å². The van der Waals surface area contributed by atoms with Gasteiger partial charge >= 0.3 is 0 Å². The fourth-order valence-electron chi connectivity index (χ4n) is 3.50. The Labute approximate surface area is 113 Å². The van der Waals surface area contributed by atoms with Gasteiger partial charge in [0.25, 0.3) is 0 Å². The van der Waals surface area contributed by atoms with Gasteiger partial charge in [-0.05, 0) is 33.0 Å². The molecule has 0 aromatic rings. The smallest absolute Gasteiger partial charge is 0.120 e. The van der Waals surface area contributed by atoms with E-state index in [4.69, 9.17) is 0 Å². The van der Waals surface area contributed by atoms with E-state index in [0.29, 0.717) is 0 Å². The summed E-state index contributed by atoms with van der Waals surface area (Å²) in [7, 11) is 5.36. The average molecular weight is 291 g/mol. The van der Waals surface area contributed by atoms with Gasteiger partial charge in [0.2, 0.25) is 0 Å². The third-order valence-corrected chi connectivity index (χ3v) is 27.4. The van der Waals surface area contributed by atoms with Gasteiger partial charge in [0, 0.05) is 8.07 Å². The Kier molecular flexibility index (Phi) is 5.46. The number of hydrogen-bond acceptors (Lipinski definition) is 2.